The van der Waals surface area contributed by atoms with Crippen molar-refractivity contribution in [3.05, 3.63) is 35.4 Å². The highest BCUT2D eigenvalue weighted by molar-refractivity contribution is 5.72. The monoisotopic (exact) mass is 261 g/mol. The highest BCUT2D eigenvalue weighted by Gasteiger charge is 2.14. The third-order valence-corrected chi connectivity index (χ3v) is 2.98. The highest BCUT2D eigenvalue weighted by atomic mass is 19.1. The van der Waals surface area contributed by atoms with E-state index < -0.39 is 0 Å². The molecule has 0 radical (unpaired) electrons. The molecule has 1 aromatic carbocycles. The Labute approximate surface area is 111 Å². The molecular weight excluding hydrogens is 245 g/mol. The summed E-state index contributed by atoms with van der Waals surface area (Å²) >= 11 is 0. The molecule has 5 heteroatoms. The summed E-state index contributed by atoms with van der Waals surface area (Å²) in [4.78, 5) is 8.80. The quantitative estimate of drug-likeness (QED) is 0.922. The second kappa shape index (κ2) is 5.22. The van der Waals surface area contributed by atoms with Crippen LogP contribution in [0.1, 0.15) is 11.4 Å². The Bertz CT molecular complexity index is 614. The van der Waals surface area contributed by atoms with Crippen molar-refractivity contribution in [1.29, 1.82) is 0 Å². The standard InChI is InChI=1S/C14H16FN3O/c1-8-9(2)18-14(16-3)13(17-8)11-6-5-10(19-4)7-12(11)15/h5-7H,1-4H3,(H,16,18). The first kappa shape index (κ1) is 13.3. The molecule has 0 amide bonds. The van der Waals surface area contributed by atoms with Crippen molar-refractivity contribution >= 4 is 5.82 Å². The normalized spacial score (nSPS) is 10.4. The maximum absolute atomic E-state index is 14.1. The van der Waals surface area contributed by atoms with Crippen LogP contribution in [0.3, 0.4) is 0 Å². The van der Waals surface area contributed by atoms with Gasteiger partial charge in [-0.3, -0.25) is 0 Å². The lowest BCUT2D eigenvalue weighted by Crippen LogP contribution is -2.03. The molecule has 4 nitrogen and oxygen atoms in total. The Morgan fingerprint density at radius 2 is 1.84 bits per heavy atom. The second-order valence-electron chi connectivity index (χ2n) is 4.19. The van der Waals surface area contributed by atoms with E-state index in [0.29, 0.717) is 22.8 Å². The molecule has 0 atom stereocenters. The average molecular weight is 261 g/mol. The molecule has 1 N–H and O–H groups in total. The summed E-state index contributed by atoms with van der Waals surface area (Å²) in [5.74, 6) is 0.657. The highest BCUT2D eigenvalue weighted by Crippen LogP contribution is 2.29. The van der Waals surface area contributed by atoms with Gasteiger partial charge in [0.25, 0.3) is 0 Å². The third-order valence-electron chi connectivity index (χ3n) is 2.98. The minimum atomic E-state index is -0.381. The summed E-state index contributed by atoms with van der Waals surface area (Å²) in [5.41, 5.74) is 2.51. The van der Waals surface area contributed by atoms with Gasteiger partial charge in [-0.15, -0.1) is 0 Å². The lowest BCUT2D eigenvalue weighted by Gasteiger charge is -2.11. The van der Waals surface area contributed by atoms with Crippen molar-refractivity contribution in [3.8, 4) is 17.0 Å². The number of ether oxygens (including phenoxy) is 1. The Hall–Kier alpha value is -2.17. The number of aromatic nitrogens is 2. The number of rotatable bonds is 3. The maximum atomic E-state index is 14.1. The zero-order valence-electron chi connectivity index (χ0n) is 11.4. The summed E-state index contributed by atoms with van der Waals surface area (Å²) in [5, 5.41) is 2.95. The lowest BCUT2D eigenvalue weighted by molar-refractivity contribution is 0.411. The fourth-order valence-electron chi connectivity index (χ4n) is 1.78. The van der Waals surface area contributed by atoms with Crippen LogP contribution in [-0.2, 0) is 0 Å². The molecule has 0 aliphatic heterocycles. The van der Waals surface area contributed by atoms with Crippen molar-refractivity contribution in [2.45, 2.75) is 13.8 Å². The van der Waals surface area contributed by atoms with Crippen LogP contribution in [0.15, 0.2) is 18.2 Å². The molecule has 2 rings (SSSR count). The van der Waals surface area contributed by atoms with Gasteiger partial charge in [-0.1, -0.05) is 0 Å². The van der Waals surface area contributed by atoms with Crippen LogP contribution in [0.2, 0.25) is 0 Å². The summed E-state index contributed by atoms with van der Waals surface area (Å²) in [6.07, 6.45) is 0. The Morgan fingerprint density at radius 3 is 2.42 bits per heavy atom. The molecule has 0 saturated heterocycles. The van der Waals surface area contributed by atoms with Crippen molar-refractivity contribution in [3.63, 3.8) is 0 Å². The molecule has 0 bridgehead atoms. The topological polar surface area (TPSA) is 47.0 Å². The van der Waals surface area contributed by atoms with E-state index >= 15 is 0 Å². The van der Waals surface area contributed by atoms with Gasteiger partial charge in [0.05, 0.1) is 18.5 Å². The number of hydrogen-bond acceptors (Lipinski definition) is 4. The molecule has 0 saturated carbocycles. The first-order valence-electron chi connectivity index (χ1n) is 5.93. The van der Waals surface area contributed by atoms with Gasteiger partial charge in [0.2, 0.25) is 0 Å². The van der Waals surface area contributed by atoms with Gasteiger partial charge in [0.1, 0.15) is 17.3 Å². The van der Waals surface area contributed by atoms with Crippen LogP contribution in [-0.4, -0.2) is 24.1 Å². The predicted molar refractivity (Wildman–Crippen MR) is 73.0 cm³/mol. The van der Waals surface area contributed by atoms with Crippen molar-refractivity contribution in [2.24, 2.45) is 0 Å². The molecule has 2 aromatic rings. The molecule has 1 heterocycles. The van der Waals surface area contributed by atoms with E-state index in [0.717, 1.165) is 11.4 Å². The van der Waals surface area contributed by atoms with Crippen molar-refractivity contribution in [1.82, 2.24) is 9.97 Å². The fourth-order valence-corrected chi connectivity index (χ4v) is 1.78. The number of aryl methyl sites for hydroxylation is 2. The van der Waals surface area contributed by atoms with Crippen molar-refractivity contribution < 1.29 is 9.13 Å². The molecule has 0 fully saturated rings. The average Bonchev–Trinajstić information content (AvgIpc) is 2.41. The largest absolute Gasteiger partial charge is 0.497 e. The number of nitrogens with one attached hydrogen (secondary N) is 1. The van der Waals surface area contributed by atoms with Gasteiger partial charge < -0.3 is 10.1 Å². The van der Waals surface area contributed by atoms with Gasteiger partial charge in [-0.05, 0) is 26.0 Å². The number of halogens is 1. The minimum Gasteiger partial charge on any atom is -0.497 e. The summed E-state index contributed by atoms with van der Waals surface area (Å²) in [6.45, 7) is 3.73. The van der Waals surface area contributed by atoms with Crippen LogP contribution in [0.4, 0.5) is 10.2 Å². The summed E-state index contributed by atoms with van der Waals surface area (Å²) in [7, 11) is 3.24. The Kier molecular flexibility index (Phi) is 3.64. The van der Waals surface area contributed by atoms with E-state index in [1.165, 1.54) is 13.2 Å². The van der Waals surface area contributed by atoms with Gasteiger partial charge in [-0.2, -0.15) is 0 Å². The van der Waals surface area contributed by atoms with Crippen LogP contribution in [0.5, 0.6) is 5.75 Å². The number of benzene rings is 1. The molecule has 0 aliphatic carbocycles. The molecule has 100 valence electrons. The smallest absolute Gasteiger partial charge is 0.152 e. The van der Waals surface area contributed by atoms with Crippen LogP contribution in [0, 0.1) is 19.7 Å². The van der Waals surface area contributed by atoms with E-state index in [1.807, 2.05) is 13.8 Å². The van der Waals surface area contributed by atoms with Gasteiger partial charge in [0, 0.05) is 18.7 Å². The molecule has 0 aliphatic rings. The van der Waals surface area contributed by atoms with Crippen LogP contribution < -0.4 is 10.1 Å². The van der Waals surface area contributed by atoms with E-state index in [-0.39, 0.29) is 5.82 Å². The van der Waals surface area contributed by atoms with Crippen LogP contribution >= 0.6 is 0 Å². The summed E-state index contributed by atoms with van der Waals surface area (Å²) < 4.78 is 19.1. The Balaban J connectivity index is 2.61. The van der Waals surface area contributed by atoms with Crippen LogP contribution in [0.25, 0.3) is 11.3 Å². The van der Waals surface area contributed by atoms with E-state index in [2.05, 4.69) is 15.3 Å². The molecule has 0 unspecified atom stereocenters. The summed E-state index contributed by atoms with van der Waals surface area (Å²) in [6, 6.07) is 4.69. The second-order valence-corrected chi connectivity index (χ2v) is 4.19. The van der Waals surface area contributed by atoms with E-state index in [4.69, 9.17) is 4.74 Å². The zero-order valence-corrected chi connectivity index (χ0v) is 11.4. The lowest BCUT2D eigenvalue weighted by atomic mass is 10.1. The minimum absolute atomic E-state index is 0.381. The molecule has 0 spiro atoms. The first-order valence-corrected chi connectivity index (χ1v) is 5.93. The number of methoxy groups -OCH3 is 1. The zero-order chi connectivity index (χ0) is 14.0. The number of nitrogens with zero attached hydrogens (tertiary/aromatic N) is 2. The molecule has 19 heavy (non-hydrogen) atoms. The number of anilines is 1. The van der Waals surface area contributed by atoms with Gasteiger partial charge >= 0.3 is 0 Å². The van der Waals surface area contributed by atoms with Gasteiger partial charge in [-0.25, -0.2) is 14.4 Å². The van der Waals surface area contributed by atoms with Gasteiger partial charge in [0.15, 0.2) is 5.82 Å². The molecule has 1 aromatic heterocycles. The SMILES string of the molecule is CNc1nc(C)c(C)nc1-c1ccc(OC)cc1F. The fraction of sp³-hybridized carbons (Fsp3) is 0.286. The first-order chi connectivity index (χ1) is 9.06. The predicted octanol–water partition coefficient (Wildman–Crippen LogP) is 2.95. The third kappa shape index (κ3) is 2.50. The van der Waals surface area contributed by atoms with E-state index in [9.17, 15) is 4.39 Å². The maximum Gasteiger partial charge on any atom is 0.152 e. The van der Waals surface area contributed by atoms with Crippen molar-refractivity contribution in [2.75, 3.05) is 19.5 Å². The Morgan fingerprint density at radius 1 is 1.16 bits per heavy atom. The molecular formula is C14H16FN3O. The van der Waals surface area contributed by atoms with E-state index in [1.54, 1.807) is 19.2 Å². The number of hydrogen-bond donors (Lipinski definition) is 1.